The van der Waals surface area contributed by atoms with Gasteiger partial charge in [0, 0.05) is 10.0 Å². The van der Waals surface area contributed by atoms with Crippen LogP contribution < -0.4 is 10.1 Å². The molecule has 4 rings (SSSR count). The molecule has 0 bridgehead atoms. The second-order valence-corrected chi connectivity index (χ2v) is 7.18. The van der Waals surface area contributed by atoms with Crippen LogP contribution >= 0.6 is 27.3 Å². The lowest BCUT2D eigenvalue weighted by atomic mass is 10.2. The highest BCUT2D eigenvalue weighted by molar-refractivity contribution is 9.10. The Morgan fingerprint density at radius 3 is 2.56 bits per heavy atom. The van der Waals surface area contributed by atoms with Crippen molar-refractivity contribution in [1.82, 2.24) is 14.6 Å². The van der Waals surface area contributed by atoms with Gasteiger partial charge in [-0.2, -0.15) is 9.50 Å². The molecular formula is C19H12BrN3OS. The Morgan fingerprint density at radius 2 is 1.80 bits per heavy atom. The van der Waals surface area contributed by atoms with E-state index >= 15 is 0 Å². The molecule has 0 N–H and O–H groups in total. The predicted molar refractivity (Wildman–Crippen MR) is 105 cm³/mol. The molecule has 2 aromatic carbocycles. The summed E-state index contributed by atoms with van der Waals surface area (Å²) >= 11 is 4.82. The molecule has 25 heavy (non-hydrogen) atoms. The van der Waals surface area contributed by atoms with Gasteiger partial charge in [-0.3, -0.25) is 4.79 Å². The van der Waals surface area contributed by atoms with Crippen LogP contribution in [-0.4, -0.2) is 14.6 Å². The molecule has 2 heterocycles. The Labute approximate surface area is 155 Å². The van der Waals surface area contributed by atoms with E-state index in [2.05, 4.69) is 26.0 Å². The number of nitrogens with zero attached hydrogens (tertiary/aromatic N) is 3. The van der Waals surface area contributed by atoms with E-state index in [0.717, 1.165) is 15.6 Å². The van der Waals surface area contributed by atoms with Gasteiger partial charge in [-0.05, 0) is 23.8 Å². The van der Waals surface area contributed by atoms with E-state index in [9.17, 15) is 4.79 Å². The second-order valence-electron chi connectivity index (χ2n) is 5.32. The molecule has 0 fully saturated rings. The van der Waals surface area contributed by atoms with E-state index in [-0.39, 0.29) is 5.56 Å². The third kappa shape index (κ3) is 3.18. The SMILES string of the molecule is O=c1c(=CC=Cc2ccccc2)sc2nc(-c3ccccc3Br)nn12. The molecule has 4 nitrogen and oxygen atoms in total. The first kappa shape index (κ1) is 15.9. The summed E-state index contributed by atoms with van der Waals surface area (Å²) in [5.41, 5.74) is 1.80. The molecular weight excluding hydrogens is 398 g/mol. The van der Waals surface area contributed by atoms with Gasteiger partial charge in [0.1, 0.15) is 0 Å². The molecule has 0 spiro atoms. The normalized spacial score (nSPS) is 12.4. The number of benzene rings is 2. The average molecular weight is 410 g/mol. The van der Waals surface area contributed by atoms with E-state index in [1.54, 1.807) is 6.08 Å². The minimum Gasteiger partial charge on any atom is -0.266 e. The first-order valence-corrected chi connectivity index (χ1v) is 9.21. The zero-order chi connectivity index (χ0) is 17.2. The van der Waals surface area contributed by atoms with Crippen molar-refractivity contribution in [2.75, 3.05) is 0 Å². The summed E-state index contributed by atoms with van der Waals surface area (Å²) in [6.07, 6.45) is 5.63. The van der Waals surface area contributed by atoms with Crippen molar-refractivity contribution in [3.05, 3.63) is 85.6 Å². The van der Waals surface area contributed by atoms with Crippen LogP contribution in [-0.2, 0) is 0 Å². The minimum atomic E-state index is -0.150. The van der Waals surface area contributed by atoms with Crippen LogP contribution in [0.25, 0.3) is 28.5 Å². The van der Waals surface area contributed by atoms with Crippen LogP contribution in [0.15, 0.2) is 69.9 Å². The van der Waals surface area contributed by atoms with Crippen LogP contribution in [0.5, 0.6) is 0 Å². The monoisotopic (exact) mass is 409 g/mol. The van der Waals surface area contributed by atoms with Crippen LogP contribution in [0.1, 0.15) is 5.56 Å². The number of halogens is 1. The summed E-state index contributed by atoms with van der Waals surface area (Å²) in [6.45, 7) is 0. The van der Waals surface area contributed by atoms with Crippen molar-refractivity contribution < 1.29 is 0 Å². The van der Waals surface area contributed by atoms with Crippen LogP contribution in [0, 0.1) is 0 Å². The highest BCUT2D eigenvalue weighted by Crippen LogP contribution is 2.25. The lowest BCUT2D eigenvalue weighted by molar-refractivity contribution is 0.936. The number of hydrogen-bond donors (Lipinski definition) is 0. The Hall–Kier alpha value is -2.57. The van der Waals surface area contributed by atoms with Crippen LogP contribution in [0.2, 0.25) is 0 Å². The van der Waals surface area contributed by atoms with E-state index in [0.29, 0.717) is 15.3 Å². The summed E-state index contributed by atoms with van der Waals surface area (Å²) in [6, 6.07) is 17.6. The Balaban J connectivity index is 1.71. The van der Waals surface area contributed by atoms with Crippen molar-refractivity contribution in [2.45, 2.75) is 0 Å². The number of rotatable bonds is 3. The van der Waals surface area contributed by atoms with E-state index in [1.165, 1.54) is 15.9 Å². The van der Waals surface area contributed by atoms with Crippen molar-refractivity contribution in [2.24, 2.45) is 0 Å². The Kier molecular flexibility index (Phi) is 4.29. The van der Waals surface area contributed by atoms with Gasteiger partial charge in [-0.1, -0.05) is 81.9 Å². The fourth-order valence-electron chi connectivity index (χ4n) is 2.42. The summed E-state index contributed by atoms with van der Waals surface area (Å²) in [5.74, 6) is 0.544. The number of fused-ring (bicyclic) bond motifs is 1. The Bertz CT molecular complexity index is 1180. The van der Waals surface area contributed by atoms with Gasteiger partial charge in [0.15, 0.2) is 5.82 Å². The van der Waals surface area contributed by atoms with Crippen molar-refractivity contribution in [1.29, 1.82) is 0 Å². The minimum absolute atomic E-state index is 0.150. The van der Waals surface area contributed by atoms with Gasteiger partial charge in [0.05, 0.1) is 4.53 Å². The fourth-order valence-corrected chi connectivity index (χ4v) is 3.74. The largest absolute Gasteiger partial charge is 0.291 e. The molecule has 0 radical (unpaired) electrons. The molecule has 0 aliphatic heterocycles. The molecule has 0 saturated heterocycles. The maximum absolute atomic E-state index is 12.5. The molecule has 0 atom stereocenters. The van der Waals surface area contributed by atoms with E-state index < -0.39 is 0 Å². The smallest absolute Gasteiger partial charge is 0.266 e. The third-order valence-corrected chi connectivity index (χ3v) is 5.30. The van der Waals surface area contributed by atoms with Gasteiger partial charge in [0.25, 0.3) is 5.56 Å². The van der Waals surface area contributed by atoms with Crippen molar-refractivity contribution in [3.8, 4) is 11.4 Å². The molecule has 2 aromatic heterocycles. The molecule has 0 saturated carbocycles. The molecule has 0 aliphatic rings. The maximum atomic E-state index is 12.5. The van der Waals surface area contributed by atoms with Gasteiger partial charge in [-0.15, -0.1) is 5.10 Å². The fraction of sp³-hybridized carbons (Fsp3) is 0. The summed E-state index contributed by atoms with van der Waals surface area (Å²) in [7, 11) is 0. The average Bonchev–Trinajstić information content (AvgIpc) is 3.16. The predicted octanol–water partition coefficient (Wildman–Crippen LogP) is 3.79. The second kappa shape index (κ2) is 6.74. The molecule has 6 heteroatoms. The molecule has 0 amide bonds. The number of allylic oxidation sites excluding steroid dienone is 1. The van der Waals surface area contributed by atoms with E-state index in [4.69, 9.17) is 0 Å². The zero-order valence-electron chi connectivity index (χ0n) is 13.0. The van der Waals surface area contributed by atoms with Gasteiger partial charge >= 0.3 is 0 Å². The number of aromatic nitrogens is 3. The van der Waals surface area contributed by atoms with Crippen molar-refractivity contribution in [3.63, 3.8) is 0 Å². The lowest BCUT2D eigenvalue weighted by Crippen LogP contribution is -2.23. The lowest BCUT2D eigenvalue weighted by Gasteiger charge is -1.96. The summed E-state index contributed by atoms with van der Waals surface area (Å²) < 4.78 is 2.88. The molecule has 0 unspecified atom stereocenters. The third-order valence-electron chi connectivity index (χ3n) is 3.63. The molecule has 0 aliphatic carbocycles. The summed E-state index contributed by atoms with van der Waals surface area (Å²) in [5, 5.41) is 4.36. The first-order chi connectivity index (χ1) is 12.2. The Morgan fingerprint density at radius 1 is 1.04 bits per heavy atom. The number of thiazole rings is 1. The number of hydrogen-bond acceptors (Lipinski definition) is 4. The highest BCUT2D eigenvalue weighted by Gasteiger charge is 2.13. The standard InChI is InChI=1S/C19H12BrN3OS/c20-15-11-5-4-10-14(15)17-21-19-23(22-17)18(24)16(25-19)12-6-9-13-7-2-1-3-8-13/h1-12H. The quantitative estimate of drug-likeness (QED) is 0.516. The van der Waals surface area contributed by atoms with E-state index in [1.807, 2.05) is 66.7 Å². The topological polar surface area (TPSA) is 47.3 Å². The highest BCUT2D eigenvalue weighted by atomic mass is 79.9. The van der Waals surface area contributed by atoms with Crippen molar-refractivity contribution >= 4 is 44.4 Å². The van der Waals surface area contributed by atoms with Gasteiger partial charge < -0.3 is 0 Å². The zero-order valence-corrected chi connectivity index (χ0v) is 15.4. The van der Waals surface area contributed by atoms with Crippen LogP contribution in [0.4, 0.5) is 0 Å². The van der Waals surface area contributed by atoms with Crippen LogP contribution in [0.3, 0.4) is 0 Å². The molecule has 122 valence electrons. The summed E-state index contributed by atoms with van der Waals surface area (Å²) in [4.78, 5) is 17.6. The van der Waals surface area contributed by atoms with Gasteiger partial charge in [0.2, 0.25) is 4.96 Å². The first-order valence-electron chi connectivity index (χ1n) is 7.60. The maximum Gasteiger partial charge on any atom is 0.291 e. The van der Waals surface area contributed by atoms with Gasteiger partial charge in [-0.25, -0.2) is 0 Å². The molecule has 4 aromatic rings.